The highest BCUT2D eigenvalue weighted by Gasteiger charge is 2.25. The van der Waals surface area contributed by atoms with Gasteiger partial charge in [0, 0.05) is 24.8 Å². The van der Waals surface area contributed by atoms with Gasteiger partial charge in [-0.15, -0.1) is 0 Å². The minimum absolute atomic E-state index is 0.0355. The van der Waals surface area contributed by atoms with E-state index in [-0.39, 0.29) is 24.5 Å². The Bertz CT molecular complexity index is 783. The summed E-state index contributed by atoms with van der Waals surface area (Å²) in [6.45, 7) is 3.23. The first kappa shape index (κ1) is 22.0. The average Bonchev–Trinajstić information content (AvgIpc) is 3.45. The van der Waals surface area contributed by atoms with Gasteiger partial charge in [-0.2, -0.15) is 0 Å². The average molecular weight is 414 g/mol. The summed E-state index contributed by atoms with van der Waals surface area (Å²) in [5.74, 6) is -0.155. The third-order valence-electron chi connectivity index (χ3n) is 5.29. The zero-order valence-electron chi connectivity index (χ0n) is 17.6. The fourth-order valence-corrected chi connectivity index (χ4v) is 3.64. The third-order valence-corrected chi connectivity index (χ3v) is 5.29. The lowest BCUT2D eigenvalue weighted by atomic mass is 10.0. The van der Waals surface area contributed by atoms with Gasteiger partial charge in [0.15, 0.2) is 5.82 Å². The molecule has 1 N–H and O–H groups in total. The molecular weight excluding hydrogens is 382 g/mol. The first-order valence-corrected chi connectivity index (χ1v) is 10.9. The summed E-state index contributed by atoms with van der Waals surface area (Å²) in [7, 11) is 0. The standard InChI is InChI=1S/C23H31N3O4/c1-2-3-4-5-7-18-9-11-19(12-10-18)23(28)26(16-20-8-6-14-29-20)17-22(27)24-21-13-15-30-25-21/h9-13,15,20H,2-8,14,16-17H2,1H3,(H,24,25,27)/t20-/m1/s1. The van der Waals surface area contributed by atoms with E-state index < -0.39 is 0 Å². The van der Waals surface area contributed by atoms with Crippen LogP contribution in [0.5, 0.6) is 0 Å². The van der Waals surface area contributed by atoms with Gasteiger partial charge in [-0.05, 0) is 43.4 Å². The van der Waals surface area contributed by atoms with Gasteiger partial charge in [-0.25, -0.2) is 0 Å². The SMILES string of the molecule is CCCCCCc1ccc(C(=O)N(CC(=O)Nc2ccon2)C[C@H]2CCCO2)cc1. The Hall–Kier alpha value is -2.67. The van der Waals surface area contributed by atoms with Gasteiger partial charge in [0.1, 0.15) is 12.8 Å². The van der Waals surface area contributed by atoms with Gasteiger partial charge in [-0.1, -0.05) is 43.5 Å². The molecule has 162 valence electrons. The van der Waals surface area contributed by atoms with E-state index in [2.05, 4.69) is 17.4 Å². The van der Waals surface area contributed by atoms with Crippen molar-refractivity contribution in [1.29, 1.82) is 0 Å². The maximum atomic E-state index is 13.1. The zero-order valence-corrected chi connectivity index (χ0v) is 17.6. The van der Waals surface area contributed by atoms with E-state index in [9.17, 15) is 9.59 Å². The zero-order chi connectivity index (χ0) is 21.2. The number of carbonyl (C=O) groups is 2. The lowest BCUT2D eigenvalue weighted by Crippen LogP contribution is -2.42. The molecule has 1 saturated heterocycles. The molecule has 1 aliphatic rings. The fourth-order valence-electron chi connectivity index (χ4n) is 3.64. The number of hydrogen-bond donors (Lipinski definition) is 1. The van der Waals surface area contributed by atoms with Crippen molar-refractivity contribution in [3.8, 4) is 0 Å². The first-order chi connectivity index (χ1) is 14.7. The van der Waals surface area contributed by atoms with E-state index in [0.29, 0.717) is 24.5 Å². The molecule has 1 aliphatic heterocycles. The number of anilines is 1. The molecule has 3 rings (SSSR count). The predicted octanol–water partition coefficient (Wildman–Crippen LogP) is 4.06. The second kappa shape index (κ2) is 11.5. The van der Waals surface area contributed by atoms with Crippen LogP contribution in [-0.4, -0.2) is 47.7 Å². The molecule has 1 aromatic heterocycles. The molecule has 2 aromatic rings. The number of aromatic nitrogens is 1. The maximum absolute atomic E-state index is 13.1. The smallest absolute Gasteiger partial charge is 0.254 e. The molecule has 0 aliphatic carbocycles. The van der Waals surface area contributed by atoms with E-state index in [1.54, 1.807) is 11.0 Å². The largest absolute Gasteiger partial charge is 0.376 e. The number of hydrogen-bond acceptors (Lipinski definition) is 5. The molecule has 1 atom stereocenters. The van der Waals surface area contributed by atoms with Crippen LogP contribution < -0.4 is 5.32 Å². The summed E-state index contributed by atoms with van der Waals surface area (Å²) in [6.07, 6.45) is 9.11. The highest BCUT2D eigenvalue weighted by atomic mass is 16.5. The van der Waals surface area contributed by atoms with Gasteiger partial charge >= 0.3 is 0 Å². The maximum Gasteiger partial charge on any atom is 0.254 e. The number of rotatable bonds is 11. The van der Waals surface area contributed by atoms with Crippen LogP contribution >= 0.6 is 0 Å². The van der Waals surface area contributed by atoms with Crippen LogP contribution in [0.3, 0.4) is 0 Å². The molecule has 0 saturated carbocycles. The van der Waals surface area contributed by atoms with Crippen LogP contribution in [0.15, 0.2) is 41.1 Å². The van der Waals surface area contributed by atoms with E-state index in [4.69, 9.17) is 9.26 Å². The summed E-state index contributed by atoms with van der Waals surface area (Å²) in [6, 6.07) is 9.30. The van der Waals surface area contributed by atoms with Crippen molar-refractivity contribution in [3.05, 3.63) is 47.7 Å². The van der Waals surface area contributed by atoms with Crippen molar-refractivity contribution >= 4 is 17.6 Å². The summed E-state index contributed by atoms with van der Waals surface area (Å²) in [5.41, 5.74) is 1.82. The van der Waals surface area contributed by atoms with Gasteiger partial charge < -0.3 is 19.5 Å². The Morgan fingerprint density at radius 3 is 2.67 bits per heavy atom. The Labute approximate surface area is 177 Å². The summed E-state index contributed by atoms with van der Waals surface area (Å²) in [4.78, 5) is 27.1. The lowest BCUT2D eigenvalue weighted by molar-refractivity contribution is -0.117. The van der Waals surface area contributed by atoms with Gasteiger partial charge in [0.25, 0.3) is 5.91 Å². The topological polar surface area (TPSA) is 84.7 Å². The Balaban J connectivity index is 1.62. The molecule has 7 nitrogen and oxygen atoms in total. The lowest BCUT2D eigenvalue weighted by Gasteiger charge is -2.25. The number of carbonyl (C=O) groups excluding carboxylic acids is 2. The Morgan fingerprint density at radius 1 is 1.17 bits per heavy atom. The molecule has 2 amide bonds. The Kier molecular flexibility index (Phi) is 8.44. The number of benzene rings is 1. The van der Waals surface area contributed by atoms with Crippen LogP contribution in [-0.2, 0) is 16.0 Å². The van der Waals surface area contributed by atoms with E-state index in [1.807, 2.05) is 24.3 Å². The van der Waals surface area contributed by atoms with E-state index in [1.165, 1.54) is 31.1 Å². The van der Waals surface area contributed by atoms with Gasteiger partial charge in [-0.3, -0.25) is 9.59 Å². The molecule has 1 fully saturated rings. The van der Waals surface area contributed by atoms with Crippen molar-refractivity contribution < 1.29 is 18.8 Å². The molecular formula is C23H31N3O4. The van der Waals surface area contributed by atoms with Crippen LogP contribution in [0, 0.1) is 0 Å². The molecule has 7 heteroatoms. The number of ether oxygens (including phenoxy) is 1. The second-order valence-electron chi connectivity index (χ2n) is 7.76. The molecule has 0 spiro atoms. The van der Waals surface area contributed by atoms with Crippen LogP contribution in [0.4, 0.5) is 5.82 Å². The summed E-state index contributed by atoms with van der Waals surface area (Å²) >= 11 is 0. The molecule has 1 aromatic carbocycles. The summed E-state index contributed by atoms with van der Waals surface area (Å²) in [5, 5.41) is 6.33. The summed E-state index contributed by atoms with van der Waals surface area (Å²) < 4.78 is 10.4. The van der Waals surface area contributed by atoms with Crippen molar-refractivity contribution in [2.45, 2.75) is 58.0 Å². The van der Waals surface area contributed by atoms with Gasteiger partial charge in [0.05, 0.1) is 6.10 Å². The number of nitrogens with zero attached hydrogens (tertiary/aromatic N) is 2. The van der Waals surface area contributed by atoms with E-state index >= 15 is 0 Å². The number of aryl methyl sites for hydroxylation is 1. The highest BCUT2D eigenvalue weighted by molar-refractivity contribution is 5.99. The highest BCUT2D eigenvalue weighted by Crippen LogP contribution is 2.16. The fraction of sp³-hybridized carbons (Fsp3) is 0.522. The molecule has 0 radical (unpaired) electrons. The number of amides is 2. The van der Waals surface area contributed by atoms with Crippen molar-refractivity contribution in [1.82, 2.24) is 10.1 Å². The monoisotopic (exact) mass is 413 g/mol. The van der Waals surface area contributed by atoms with Crippen molar-refractivity contribution in [2.75, 3.05) is 25.0 Å². The third kappa shape index (κ3) is 6.69. The van der Waals surface area contributed by atoms with Crippen LogP contribution in [0.2, 0.25) is 0 Å². The van der Waals surface area contributed by atoms with Crippen molar-refractivity contribution in [3.63, 3.8) is 0 Å². The first-order valence-electron chi connectivity index (χ1n) is 10.9. The molecule has 30 heavy (non-hydrogen) atoms. The number of nitrogens with one attached hydrogen (secondary N) is 1. The second-order valence-corrected chi connectivity index (χ2v) is 7.76. The van der Waals surface area contributed by atoms with Crippen molar-refractivity contribution in [2.24, 2.45) is 0 Å². The molecule has 0 unspecified atom stereocenters. The van der Waals surface area contributed by atoms with E-state index in [0.717, 1.165) is 25.7 Å². The quantitative estimate of drug-likeness (QED) is 0.562. The van der Waals surface area contributed by atoms with Gasteiger partial charge in [0.2, 0.25) is 5.91 Å². The van der Waals surface area contributed by atoms with Crippen LogP contribution in [0.25, 0.3) is 0 Å². The normalized spacial score (nSPS) is 15.8. The van der Waals surface area contributed by atoms with Crippen LogP contribution in [0.1, 0.15) is 61.4 Å². The minimum Gasteiger partial charge on any atom is -0.376 e. The predicted molar refractivity (Wildman–Crippen MR) is 114 cm³/mol. The molecule has 0 bridgehead atoms. The minimum atomic E-state index is -0.317. The molecule has 2 heterocycles. The number of unbranched alkanes of at least 4 members (excludes halogenated alkanes) is 3. The Morgan fingerprint density at radius 2 is 2.00 bits per heavy atom.